The van der Waals surface area contributed by atoms with Gasteiger partial charge in [-0.05, 0) is 57.6 Å². The highest BCUT2D eigenvalue weighted by Gasteiger charge is 2.27. The van der Waals surface area contributed by atoms with Gasteiger partial charge in [-0.15, -0.1) is 10.2 Å². The molecule has 1 fully saturated rings. The minimum Gasteiger partial charge on any atom is -0.302 e. The second-order valence-corrected chi connectivity index (χ2v) is 9.55. The minimum atomic E-state index is -0.505. The predicted octanol–water partition coefficient (Wildman–Crippen LogP) is 4.35. The van der Waals surface area contributed by atoms with E-state index < -0.39 is 10.7 Å². The van der Waals surface area contributed by atoms with Crippen LogP contribution >= 0.6 is 11.6 Å². The molecule has 0 atom stereocenters. The standard InChI is InChI=1S/C25H29ClN6O3/c1-4-30(14-17-9-10-17)16-24-28-27-23(15-29(2)3)31(24)22-12-11-18(32(34)35)13-20(22)25(33)19-7-5-6-8-21(19)26/h5-8,11-13,17H,4,9-10,14-16H2,1-3H3. The molecule has 0 spiro atoms. The van der Waals surface area contributed by atoms with Gasteiger partial charge in [0, 0.05) is 24.2 Å². The summed E-state index contributed by atoms with van der Waals surface area (Å²) >= 11 is 6.32. The van der Waals surface area contributed by atoms with Crippen LogP contribution in [0.5, 0.6) is 0 Å². The summed E-state index contributed by atoms with van der Waals surface area (Å²) in [6, 6.07) is 11.0. The Balaban J connectivity index is 1.85. The molecule has 35 heavy (non-hydrogen) atoms. The van der Waals surface area contributed by atoms with Gasteiger partial charge in [0.05, 0.1) is 34.3 Å². The first kappa shape index (κ1) is 25.0. The third kappa shape index (κ3) is 5.75. The molecule has 9 nitrogen and oxygen atoms in total. The quantitative estimate of drug-likeness (QED) is 0.221. The first-order valence-electron chi connectivity index (χ1n) is 11.7. The number of hydrogen-bond donors (Lipinski definition) is 0. The summed E-state index contributed by atoms with van der Waals surface area (Å²) in [4.78, 5) is 29.0. The number of nitrogens with zero attached hydrogens (tertiary/aromatic N) is 6. The molecule has 1 heterocycles. The summed E-state index contributed by atoms with van der Waals surface area (Å²) in [6.07, 6.45) is 2.49. The van der Waals surface area contributed by atoms with Crippen LogP contribution in [0.15, 0.2) is 42.5 Å². The van der Waals surface area contributed by atoms with E-state index in [-0.39, 0.29) is 21.8 Å². The van der Waals surface area contributed by atoms with E-state index in [0.717, 1.165) is 13.1 Å². The summed E-state index contributed by atoms with van der Waals surface area (Å²) in [5, 5.41) is 20.8. The van der Waals surface area contributed by atoms with Crippen LogP contribution in [0, 0.1) is 16.0 Å². The Labute approximate surface area is 209 Å². The van der Waals surface area contributed by atoms with E-state index in [9.17, 15) is 14.9 Å². The van der Waals surface area contributed by atoms with E-state index in [4.69, 9.17) is 11.6 Å². The largest absolute Gasteiger partial charge is 0.302 e. The Morgan fingerprint density at radius 2 is 1.80 bits per heavy atom. The molecule has 1 aliphatic carbocycles. The minimum absolute atomic E-state index is 0.170. The van der Waals surface area contributed by atoms with Gasteiger partial charge in [0.15, 0.2) is 17.4 Å². The Morgan fingerprint density at radius 1 is 1.11 bits per heavy atom. The van der Waals surface area contributed by atoms with Gasteiger partial charge in [-0.25, -0.2) is 0 Å². The number of hydrogen-bond acceptors (Lipinski definition) is 7. The van der Waals surface area contributed by atoms with Gasteiger partial charge in [-0.3, -0.25) is 24.4 Å². The van der Waals surface area contributed by atoms with Crippen LogP contribution in [0.4, 0.5) is 5.69 Å². The zero-order valence-electron chi connectivity index (χ0n) is 20.1. The monoisotopic (exact) mass is 496 g/mol. The highest BCUT2D eigenvalue weighted by molar-refractivity contribution is 6.35. The van der Waals surface area contributed by atoms with E-state index in [1.165, 1.54) is 25.0 Å². The normalized spacial score (nSPS) is 13.5. The Kier molecular flexibility index (Phi) is 7.59. The van der Waals surface area contributed by atoms with Crippen molar-refractivity contribution in [2.75, 3.05) is 27.2 Å². The predicted molar refractivity (Wildman–Crippen MR) is 134 cm³/mol. The number of halogens is 1. The van der Waals surface area contributed by atoms with Gasteiger partial charge in [-0.2, -0.15) is 0 Å². The van der Waals surface area contributed by atoms with Gasteiger partial charge in [-0.1, -0.05) is 30.7 Å². The van der Waals surface area contributed by atoms with Crippen molar-refractivity contribution in [3.63, 3.8) is 0 Å². The molecule has 0 aliphatic heterocycles. The molecule has 10 heteroatoms. The average molecular weight is 497 g/mol. The fourth-order valence-corrected chi connectivity index (χ4v) is 4.32. The summed E-state index contributed by atoms with van der Waals surface area (Å²) in [6.45, 7) is 5.00. The van der Waals surface area contributed by atoms with Gasteiger partial charge >= 0.3 is 0 Å². The van der Waals surface area contributed by atoms with E-state index in [2.05, 4.69) is 22.0 Å². The van der Waals surface area contributed by atoms with Crippen LogP contribution in [0.3, 0.4) is 0 Å². The Morgan fingerprint density at radius 3 is 2.40 bits per heavy atom. The lowest BCUT2D eigenvalue weighted by Gasteiger charge is -2.21. The molecule has 2 aromatic carbocycles. The van der Waals surface area contributed by atoms with Gasteiger partial charge in [0.25, 0.3) is 5.69 Å². The van der Waals surface area contributed by atoms with Crippen molar-refractivity contribution in [3.05, 3.63) is 80.4 Å². The van der Waals surface area contributed by atoms with Crippen LogP contribution < -0.4 is 0 Å². The number of ketones is 1. The van der Waals surface area contributed by atoms with E-state index >= 15 is 0 Å². The van der Waals surface area contributed by atoms with E-state index in [1.807, 2.05) is 23.6 Å². The molecule has 1 saturated carbocycles. The highest BCUT2D eigenvalue weighted by Crippen LogP contribution is 2.31. The number of rotatable bonds is 11. The molecule has 0 saturated heterocycles. The summed E-state index contributed by atoms with van der Waals surface area (Å²) < 4.78 is 1.86. The second-order valence-electron chi connectivity index (χ2n) is 9.14. The van der Waals surface area contributed by atoms with Crippen LogP contribution in [-0.2, 0) is 13.1 Å². The Bertz CT molecular complexity index is 1240. The molecular formula is C25H29ClN6O3. The molecule has 4 rings (SSSR count). The molecule has 184 valence electrons. The van der Waals surface area contributed by atoms with Gasteiger partial charge in [0.1, 0.15) is 0 Å². The fraction of sp³-hybridized carbons (Fsp3) is 0.400. The van der Waals surface area contributed by atoms with Crippen molar-refractivity contribution < 1.29 is 9.72 Å². The molecule has 0 radical (unpaired) electrons. The molecule has 3 aromatic rings. The van der Waals surface area contributed by atoms with E-state index in [1.54, 1.807) is 30.3 Å². The van der Waals surface area contributed by atoms with Crippen molar-refractivity contribution in [3.8, 4) is 5.69 Å². The smallest absolute Gasteiger partial charge is 0.270 e. The third-order valence-corrected chi connectivity index (χ3v) is 6.40. The molecule has 0 unspecified atom stereocenters. The van der Waals surface area contributed by atoms with E-state index in [0.29, 0.717) is 36.3 Å². The number of nitro groups is 1. The number of nitro benzene ring substituents is 1. The number of non-ortho nitro benzene ring substituents is 1. The van der Waals surface area contributed by atoms with Crippen molar-refractivity contribution in [1.82, 2.24) is 24.6 Å². The molecule has 0 bridgehead atoms. The van der Waals surface area contributed by atoms with Crippen molar-refractivity contribution in [1.29, 1.82) is 0 Å². The molecule has 1 aromatic heterocycles. The maximum absolute atomic E-state index is 13.7. The lowest BCUT2D eigenvalue weighted by Crippen LogP contribution is -2.27. The fourth-order valence-electron chi connectivity index (χ4n) is 4.10. The number of carbonyl (C=O) groups excluding carboxylic acids is 1. The average Bonchev–Trinajstić information content (AvgIpc) is 3.57. The second kappa shape index (κ2) is 10.6. The number of carbonyl (C=O) groups is 1. The third-order valence-electron chi connectivity index (χ3n) is 6.08. The lowest BCUT2D eigenvalue weighted by molar-refractivity contribution is -0.384. The van der Waals surface area contributed by atoms with Gasteiger partial charge in [0.2, 0.25) is 0 Å². The van der Waals surface area contributed by atoms with Crippen molar-refractivity contribution in [2.24, 2.45) is 5.92 Å². The first-order chi connectivity index (χ1) is 16.8. The molecule has 0 amide bonds. The van der Waals surface area contributed by atoms with Crippen LogP contribution in [0.1, 0.15) is 47.3 Å². The first-order valence-corrected chi connectivity index (χ1v) is 12.0. The zero-order chi connectivity index (χ0) is 25.1. The molecule has 1 aliphatic rings. The van der Waals surface area contributed by atoms with Crippen LogP contribution in [-0.4, -0.2) is 62.5 Å². The van der Waals surface area contributed by atoms with Crippen LogP contribution in [0.25, 0.3) is 5.69 Å². The number of benzene rings is 2. The summed E-state index contributed by atoms with van der Waals surface area (Å²) in [7, 11) is 3.85. The van der Waals surface area contributed by atoms with Crippen LogP contribution in [0.2, 0.25) is 5.02 Å². The maximum Gasteiger partial charge on any atom is 0.270 e. The lowest BCUT2D eigenvalue weighted by atomic mass is 10.0. The SMILES string of the molecule is CCN(Cc1nnc(CN(C)C)n1-c1ccc([N+](=O)[O-])cc1C(=O)c1ccccc1Cl)CC1CC1. The molecule has 0 N–H and O–H groups in total. The molecular weight excluding hydrogens is 468 g/mol. The highest BCUT2D eigenvalue weighted by atomic mass is 35.5. The topological polar surface area (TPSA) is 97.4 Å². The zero-order valence-corrected chi connectivity index (χ0v) is 20.9. The van der Waals surface area contributed by atoms with Gasteiger partial charge < -0.3 is 4.90 Å². The summed E-state index contributed by atoms with van der Waals surface area (Å²) in [5.41, 5.74) is 0.791. The Hall–Kier alpha value is -3.14. The summed E-state index contributed by atoms with van der Waals surface area (Å²) in [5.74, 6) is 1.65. The van der Waals surface area contributed by atoms with Crippen molar-refractivity contribution in [2.45, 2.75) is 32.9 Å². The maximum atomic E-state index is 13.7. The number of aromatic nitrogens is 3. The van der Waals surface area contributed by atoms with Crippen molar-refractivity contribution >= 4 is 23.1 Å².